The summed E-state index contributed by atoms with van der Waals surface area (Å²) in [6.07, 6.45) is 10.1. The van der Waals surface area contributed by atoms with Crippen molar-refractivity contribution in [3.8, 4) is 33.6 Å². The molecule has 37 heavy (non-hydrogen) atoms. The average Bonchev–Trinajstić information content (AvgIpc) is 3.32. The van der Waals surface area contributed by atoms with E-state index in [0.717, 1.165) is 40.1 Å². The second-order valence-electron chi connectivity index (χ2n) is 9.01. The molecule has 4 aromatic rings. The largest absolute Gasteiger partial charge is 0.480 e. The van der Waals surface area contributed by atoms with Gasteiger partial charge < -0.3 is 10.6 Å². The summed E-state index contributed by atoms with van der Waals surface area (Å²) in [4.78, 5) is 12.6. The summed E-state index contributed by atoms with van der Waals surface area (Å²) in [6, 6.07) is 29.4. The van der Waals surface area contributed by atoms with Crippen LogP contribution in [0.25, 0.3) is 33.6 Å². The van der Waals surface area contributed by atoms with Crippen LogP contribution in [0.5, 0.6) is 0 Å². The van der Waals surface area contributed by atoms with Crippen molar-refractivity contribution in [1.82, 2.24) is 9.78 Å². The van der Waals surface area contributed by atoms with Crippen molar-refractivity contribution in [2.24, 2.45) is 0 Å². The summed E-state index contributed by atoms with van der Waals surface area (Å²) in [6.45, 7) is 2.20. The molecule has 1 heterocycles. The minimum absolute atomic E-state index is 0. The van der Waals surface area contributed by atoms with Gasteiger partial charge in [-0.15, -0.1) is 0 Å². The first-order valence-electron chi connectivity index (χ1n) is 12.9. The normalized spacial score (nSPS) is 11.8. The Bertz CT molecular complexity index is 1270. The quantitative estimate of drug-likeness (QED) is 0.162. The standard InChI is InChI=1S/C32H34N2O2.H2O/c1-2-3-4-5-6-7-17-24-28(32(35)36)34-31(27-22-15-10-16-23-27)29(25-18-11-8-12-19-25)30(33-34)26-20-13-9-14-21-26;/h6-16,18-23,28H,2-5,17,24H2,1H3,(H,35,36);1H2. The lowest BCUT2D eigenvalue weighted by Gasteiger charge is -2.17. The topological polar surface area (TPSA) is 86.6 Å². The van der Waals surface area contributed by atoms with E-state index in [-0.39, 0.29) is 5.48 Å². The predicted molar refractivity (Wildman–Crippen MR) is 151 cm³/mol. The third-order valence-corrected chi connectivity index (χ3v) is 6.40. The number of aliphatic carboxylic acids is 1. The highest BCUT2D eigenvalue weighted by Crippen LogP contribution is 2.41. The van der Waals surface area contributed by atoms with E-state index in [4.69, 9.17) is 5.10 Å². The predicted octanol–water partition coefficient (Wildman–Crippen LogP) is 7.60. The van der Waals surface area contributed by atoms with E-state index >= 15 is 0 Å². The zero-order chi connectivity index (χ0) is 25.2. The molecule has 1 unspecified atom stereocenters. The van der Waals surface area contributed by atoms with Gasteiger partial charge in [-0.25, -0.2) is 9.48 Å². The molecule has 0 radical (unpaired) electrons. The van der Waals surface area contributed by atoms with Gasteiger partial charge in [0.25, 0.3) is 0 Å². The Morgan fingerprint density at radius 2 is 1.35 bits per heavy atom. The second-order valence-corrected chi connectivity index (χ2v) is 9.01. The van der Waals surface area contributed by atoms with Crippen molar-refractivity contribution < 1.29 is 15.4 Å². The van der Waals surface area contributed by atoms with Crippen molar-refractivity contribution in [2.75, 3.05) is 0 Å². The van der Waals surface area contributed by atoms with E-state index < -0.39 is 12.0 Å². The van der Waals surface area contributed by atoms with Crippen LogP contribution >= 0.6 is 0 Å². The van der Waals surface area contributed by atoms with Gasteiger partial charge in [0.05, 0.1) is 5.69 Å². The van der Waals surface area contributed by atoms with Gasteiger partial charge in [-0.3, -0.25) is 0 Å². The maximum atomic E-state index is 12.6. The Balaban J connectivity index is 0.00000380. The highest BCUT2D eigenvalue weighted by Gasteiger charge is 2.29. The number of hydrogen-bond acceptors (Lipinski definition) is 2. The molecule has 0 aliphatic rings. The van der Waals surface area contributed by atoms with E-state index in [2.05, 4.69) is 31.2 Å². The third kappa shape index (κ3) is 6.83. The first-order valence-corrected chi connectivity index (χ1v) is 12.9. The number of nitrogens with zero attached hydrogens (tertiary/aromatic N) is 2. The van der Waals surface area contributed by atoms with Crippen LogP contribution < -0.4 is 0 Å². The number of benzene rings is 3. The molecule has 192 valence electrons. The molecule has 4 rings (SSSR count). The molecule has 1 aromatic heterocycles. The van der Waals surface area contributed by atoms with Crippen LogP contribution in [0.15, 0.2) is 103 Å². The number of carbonyl (C=O) groups is 1. The molecule has 5 heteroatoms. The molecule has 0 aliphatic heterocycles. The number of hydrogen-bond donors (Lipinski definition) is 1. The number of aromatic nitrogens is 2. The number of rotatable bonds is 12. The van der Waals surface area contributed by atoms with Crippen LogP contribution in [-0.4, -0.2) is 26.3 Å². The monoisotopic (exact) mass is 496 g/mol. The molecule has 0 spiro atoms. The van der Waals surface area contributed by atoms with Gasteiger partial charge in [0.2, 0.25) is 0 Å². The summed E-state index contributed by atoms with van der Waals surface area (Å²) in [5, 5.41) is 15.3. The molecule has 0 saturated heterocycles. The van der Waals surface area contributed by atoms with Crippen molar-refractivity contribution in [2.45, 2.75) is 51.5 Å². The Kier molecular flexibility index (Phi) is 10.4. The van der Waals surface area contributed by atoms with Crippen molar-refractivity contribution in [3.05, 3.63) is 103 Å². The smallest absolute Gasteiger partial charge is 0.328 e. The van der Waals surface area contributed by atoms with Crippen molar-refractivity contribution >= 4 is 5.97 Å². The Morgan fingerprint density at radius 3 is 1.92 bits per heavy atom. The first kappa shape index (κ1) is 27.6. The lowest BCUT2D eigenvalue weighted by atomic mass is 9.95. The number of carboxylic acid groups (broad SMARTS) is 1. The summed E-state index contributed by atoms with van der Waals surface area (Å²) in [5.41, 5.74) is 5.51. The maximum absolute atomic E-state index is 12.6. The lowest BCUT2D eigenvalue weighted by Crippen LogP contribution is -2.21. The third-order valence-electron chi connectivity index (χ3n) is 6.40. The van der Waals surface area contributed by atoms with E-state index in [1.165, 1.54) is 19.3 Å². The molecule has 5 nitrogen and oxygen atoms in total. The van der Waals surface area contributed by atoms with Gasteiger partial charge in [-0.2, -0.15) is 5.10 Å². The summed E-state index contributed by atoms with van der Waals surface area (Å²) in [7, 11) is 0. The number of carboxylic acids is 1. The van der Waals surface area contributed by atoms with Crippen LogP contribution in [0, 0.1) is 0 Å². The fraction of sp³-hybridized carbons (Fsp3) is 0.250. The zero-order valence-corrected chi connectivity index (χ0v) is 21.4. The number of allylic oxidation sites excluding steroid dienone is 2. The minimum atomic E-state index is -0.867. The molecular weight excluding hydrogens is 460 g/mol. The number of unbranched alkanes of at least 4 members (excludes halogenated alkanes) is 3. The molecule has 1 atom stereocenters. The Morgan fingerprint density at radius 1 is 0.811 bits per heavy atom. The maximum Gasteiger partial charge on any atom is 0.328 e. The van der Waals surface area contributed by atoms with Crippen LogP contribution in [0.4, 0.5) is 0 Å². The zero-order valence-electron chi connectivity index (χ0n) is 21.4. The lowest BCUT2D eigenvalue weighted by molar-refractivity contribution is -0.141. The highest BCUT2D eigenvalue weighted by molar-refractivity contribution is 5.92. The molecule has 0 fully saturated rings. The van der Waals surface area contributed by atoms with Crippen LogP contribution in [0.2, 0.25) is 0 Å². The Hall–Kier alpha value is -3.96. The molecule has 3 N–H and O–H groups in total. The van der Waals surface area contributed by atoms with Gasteiger partial charge in [-0.1, -0.05) is 123 Å². The van der Waals surface area contributed by atoms with Gasteiger partial charge in [0.1, 0.15) is 11.7 Å². The van der Waals surface area contributed by atoms with Gasteiger partial charge in [0.15, 0.2) is 0 Å². The molecular formula is C32H36N2O3. The highest BCUT2D eigenvalue weighted by atomic mass is 16.4. The van der Waals surface area contributed by atoms with E-state index in [0.29, 0.717) is 12.8 Å². The van der Waals surface area contributed by atoms with Gasteiger partial charge >= 0.3 is 5.97 Å². The average molecular weight is 497 g/mol. The van der Waals surface area contributed by atoms with E-state index in [1.54, 1.807) is 4.68 Å². The summed E-state index contributed by atoms with van der Waals surface area (Å²) >= 11 is 0. The van der Waals surface area contributed by atoms with Gasteiger partial charge in [-0.05, 0) is 31.2 Å². The van der Waals surface area contributed by atoms with E-state index in [9.17, 15) is 9.90 Å². The first-order chi connectivity index (χ1) is 17.7. The van der Waals surface area contributed by atoms with Crippen LogP contribution in [0.1, 0.15) is 51.5 Å². The molecule has 0 saturated carbocycles. The van der Waals surface area contributed by atoms with Crippen molar-refractivity contribution in [3.63, 3.8) is 0 Å². The Labute approximate surface area is 219 Å². The summed E-state index contributed by atoms with van der Waals surface area (Å²) in [5.74, 6) is -0.867. The minimum Gasteiger partial charge on any atom is -0.480 e. The van der Waals surface area contributed by atoms with E-state index in [1.807, 2.05) is 78.9 Å². The van der Waals surface area contributed by atoms with Crippen molar-refractivity contribution in [1.29, 1.82) is 0 Å². The fourth-order valence-corrected chi connectivity index (χ4v) is 4.56. The SMILES string of the molecule is CCCCCC=CCCC(C(=O)O)n1nc(-c2ccccc2)c(-c2ccccc2)c1-c1ccccc1.O. The molecule has 0 aliphatic carbocycles. The van der Waals surface area contributed by atoms with Gasteiger partial charge in [0, 0.05) is 16.7 Å². The molecule has 0 amide bonds. The van der Waals surface area contributed by atoms with Crippen LogP contribution in [0.3, 0.4) is 0 Å². The molecule has 3 aromatic carbocycles. The summed E-state index contributed by atoms with van der Waals surface area (Å²) < 4.78 is 1.74. The second kappa shape index (κ2) is 14.0. The molecule has 0 bridgehead atoms. The fourth-order valence-electron chi connectivity index (χ4n) is 4.56. The van der Waals surface area contributed by atoms with Crippen LogP contribution in [-0.2, 0) is 4.79 Å².